The number of rotatable bonds is 9. The van der Waals surface area contributed by atoms with Crippen molar-refractivity contribution in [3.63, 3.8) is 0 Å². The number of ether oxygens (including phenoxy) is 1. The number of fused-ring (bicyclic) bond motifs is 1. The molecule has 1 heterocycles. The number of benzene rings is 2. The van der Waals surface area contributed by atoms with Gasteiger partial charge in [0.1, 0.15) is 24.3 Å². The number of hydrogen-bond donors (Lipinski definition) is 2. The molecule has 0 spiro atoms. The van der Waals surface area contributed by atoms with Gasteiger partial charge < -0.3 is 14.8 Å². The summed E-state index contributed by atoms with van der Waals surface area (Å²) in [4.78, 5) is 32.8. The quantitative estimate of drug-likeness (QED) is 0.540. The number of nitrogens with one attached hydrogen (secondary N) is 1. The average Bonchev–Trinajstić information content (AvgIpc) is 2.72. The van der Waals surface area contributed by atoms with Crippen molar-refractivity contribution in [2.24, 2.45) is 0 Å². The summed E-state index contributed by atoms with van der Waals surface area (Å²) in [7, 11) is 0. The van der Waals surface area contributed by atoms with Crippen molar-refractivity contribution >= 4 is 16.7 Å². The zero-order valence-electron chi connectivity index (χ0n) is 16.6. The average molecular weight is 395 g/mol. The van der Waals surface area contributed by atoms with Gasteiger partial charge in [-0.3, -0.25) is 14.5 Å². The van der Waals surface area contributed by atoms with E-state index in [4.69, 9.17) is 4.74 Å². The lowest BCUT2D eigenvalue weighted by Gasteiger charge is -2.23. The van der Waals surface area contributed by atoms with Crippen molar-refractivity contribution in [3.8, 4) is 5.75 Å². The Morgan fingerprint density at radius 3 is 2.62 bits per heavy atom. The molecule has 0 saturated carbocycles. The van der Waals surface area contributed by atoms with Crippen LogP contribution in [0.25, 0.3) is 10.9 Å². The SMILES string of the molecule is CCN(Cc1nc2ccccc2c(=O)[nH]1)CC(O)COc1ccc(C(C)=O)cc1. The Morgan fingerprint density at radius 1 is 1.21 bits per heavy atom. The molecule has 1 atom stereocenters. The van der Waals surface area contributed by atoms with Gasteiger partial charge in [-0.15, -0.1) is 0 Å². The van der Waals surface area contributed by atoms with E-state index in [-0.39, 0.29) is 17.9 Å². The van der Waals surface area contributed by atoms with Gasteiger partial charge in [-0.1, -0.05) is 19.1 Å². The minimum absolute atomic E-state index is 0.00415. The number of aliphatic hydroxyl groups is 1. The summed E-state index contributed by atoms with van der Waals surface area (Å²) in [5.74, 6) is 1.15. The second-order valence-corrected chi connectivity index (χ2v) is 6.90. The summed E-state index contributed by atoms with van der Waals surface area (Å²) >= 11 is 0. The molecule has 29 heavy (non-hydrogen) atoms. The Bertz CT molecular complexity index is 1030. The van der Waals surface area contributed by atoms with Crippen LogP contribution in [0.15, 0.2) is 53.3 Å². The third kappa shape index (κ3) is 5.49. The zero-order valence-corrected chi connectivity index (χ0v) is 16.6. The maximum absolute atomic E-state index is 12.2. The van der Waals surface area contributed by atoms with Gasteiger partial charge in [-0.05, 0) is 49.9 Å². The maximum Gasteiger partial charge on any atom is 0.258 e. The first-order valence-electron chi connectivity index (χ1n) is 9.58. The normalized spacial score (nSPS) is 12.3. The molecule has 7 heteroatoms. The highest BCUT2D eigenvalue weighted by molar-refractivity contribution is 5.94. The highest BCUT2D eigenvalue weighted by Gasteiger charge is 2.14. The lowest BCUT2D eigenvalue weighted by molar-refractivity contribution is 0.0666. The largest absolute Gasteiger partial charge is 0.491 e. The summed E-state index contributed by atoms with van der Waals surface area (Å²) in [6, 6.07) is 14.0. The standard InChI is InChI=1S/C22H25N3O4/c1-3-25(13-21-23-20-7-5-4-6-19(20)22(28)24-21)12-17(27)14-29-18-10-8-16(9-11-18)15(2)26/h4-11,17,27H,3,12-14H2,1-2H3,(H,23,24,28). The Morgan fingerprint density at radius 2 is 1.93 bits per heavy atom. The number of likely N-dealkylation sites (N-methyl/N-ethyl adjacent to an activating group) is 1. The topological polar surface area (TPSA) is 95.5 Å². The highest BCUT2D eigenvalue weighted by Crippen LogP contribution is 2.13. The van der Waals surface area contributed by atoms with Crippen LogP contribution in [0.3, 0.4) is 0 Å². The number of hydrogen-bond acceptors (Lipinski definition) is 6. The minimum atomic E-state index is -0.713. The molecule has 0 radical (unpaired) electrons. The van der Waals surface area contributed by atoms with Crippen LogP contribution in [0.4, 0.5) is 0 Å². The Balaban J connectivity index is 1.58. The fourth-order valence-electron chi connectivity index (χ4n) is 3.06. The molecule has 0 saturated heterocycles. The van der Waals surface area contributed by atoms with Crippen molar-refractivity contribution in [1.29, 1.82) is 0 Å². The van der Waals surface area contributed by atoms with Gasteiger partial charge in [0, 0.05) is 12.1 Å². The van der Waals surface area contributed by atoms with E-state index in [1.807, 2.05) is 24.0 Å². The number of H-pyrrole nitrogens is 1. The Kier molecular flexibility index (Phi) is 6.74. The molecule has 7 nitrogen and oxygen atoms in total. The van der Waals surface area contributed by atoms with Gasteiger partial charge in [0.15, 0.2) is 5.78 Å². The van der Waals surface area contributed by atoms with Gasteiger partial charge >= 0.3 is 0 Å². The van der Waals surface area contributed by atoms with Crippen LogP contribution in [0.5, 0.6) is 5.75 Å². The smallest absolute Gasteiger partial charge is 0.258 e. The molecule has 0 aliphatic heterocycles. The fourth-order valence-corrected chi connectivity index (χ4v) is 3.06. The van der Waals surface area contributed by atoms with E-state index in [0.717, 1.165) is 0 Å². The predicted octanol–water partition coefficient (Wildman–Crippen LogP) is 2.39. The Labute approximate surface area is 169 Å². The molecule has 0 bridgehead atoms. The van der Waals surface area contributed by atoms with Gasteiger partial charge in [0.05, 0.1) is 17.4 Å². The number of carbonyl (C=O) groups excluding carboxylic acids is 1. The van der Waals surface area contributed by atoms with Crippen LogP contribution in [-0.4, -0.2) is 51.6 Å². The van der Waals surface area contributed by atoms with E-state index in [0.29, 0.717) is 47.7 Å². The molecule has 1 unspecified atom stereocenters. The summed E-state index contributed by atoms with van der Waals surface area (Å²) in [5, 5.41) is 10.9. The number of aromatic amines is 1. The molecular weight excluding hydrogens is 370 g/mol. The highest BCUT2D eigenvalue weighted by atomic mass is 16.5. The lowest BCUT2D eigenvalue weighted by Crippen LogP contribution is -2.36. The number of carbonyl (C=O) groups is 1. The first-order chi connectivity index (χ1) is 14.0. The molecule has 2 aromatic carbocycles. The number of nitrogens with zero attached hydrogens (tertiary/aromatic N) is 2. The molecule has 0 aliphatic rings. The van der Waals surface area contributed by atoms with Gasteiger partial charge in [-0.2, -0.15) is 0 Å². The second-order valence-electron chi connectivity index (χ2n) is 6.90. The third-order valence-electron chi connectivity index (χ3n) is 4.65. The van der Waals surface area contributed by atoms with E-state index in [9.17, 15) is 14.7 Å². The number of aromatic nitrogens is 2. The van der Waals surface area contributed by atoms with Crippen LogP contribution < -0.4 is 10.3 Å². The number of aliphatic hydroxyl groups excluding tert-OH is 1. The molecule has 0 amide bonds. The van der Waals surface area contributed by atoms with Crippen LogP contribution in [-0.2, 0) is 6.54 Å². The molecule has 3 rings (SSSR count). The van der Waals surface area contributed by atoms with E-state index < -0.39 is 6.10 Å². The van der Waals surface area contributed by atoms with Crippen molar-refractivity contribution < 1.29 is 14.6 Å². The number of Topliss-reactive ketones (excluding diaryl/α,β-unsaturated/α-hetero) is 1. The van der Waals surface area contributed by atoms with Gasteiger partial charge in [0.2, 0.25) is 0 Å². The van der Waals surface area contributed by atoms with E-state index >= 15 is 0 Å². The third-order valence-corrected chi connectivity index (χ3v) is 4.65. The van der Waals surface area contributed by atoms with Crippen LogP contribution in [0.2, 0.25) is 0 Å². The summed E-state index contributed by atoms with van der Waals surface area (Å²) in [6.07, 6.45) is -0.713. The lowest BCUT2D eigenvalue weighted by atomic mass is 10.1. The molecule has 2 N–H and O–H groups in total. The monoisotopic (exact) mass is 395 g/mol. The van der Waals surface area contributed by atoms with Crippen molar-refractivity contribution in [1.82, 2.24) is 14.9 Å². The van der Waals surface area contributed by atoms with E-state index in [1.165, 1.54) is 6.92 Å². The Hall–Kier alpha value is -3.03. The van der Waals surface area contributed by atoms with Crippen LogP contribution in [0, 0.1) is 0 Å². The first-order valence-corrected chi connectivity index (χ1v) is 9.58. The van der Waals surface area contributed by atoms with Crippen molar-refractivity contribution in [2.75, 3.05) is 19.7 Å². The fraction of sp³-hybridized carbons (Fsp3) is 0.318. The summed E-state index contributed by atoms with van der Waals surface area (Å²) in [6.45, 7) is 5.09. The summed E-state index contributed by atoms with van der Waals surface area (Å²) in [5.41, 5.74) is 1.10. The maximum atomic E-state index is 12.2. The number of ketones is 1. The van der Waals surface area contributed by atoms with Gasteiger partial charge in [0.25, 0.3) is 5.56 Å². The van der Waals surface area contributed by atoms with E-state index in [2.05, 4.69) is 9.97 Å². The molecular formula is C22H25N3O4. The summed E-state index contributed by atoms with van der Waals surface area (Å²) < 4.78 is 5.61. The molecule has 1 aromatic heterocycles. The predicted molar refractivity (Wildman–Crippen MR) is 111 cm³/mol. The van der Waals surface area contributed by atoms with Crippen molar-refractivity contribution in [2.45, 2.75) is 26.5 Å². The van der Waals surface area contributed by atoms with Crippen LogP contribution in [0.1, 0.15) is 30.0 Å². The first kappa shape index (κ1) is 20.7. The van der Waals surface area contributed by atoms with Crippen molar-refractivity contribution in [3.05, 3.63) is 70.3 Å². The van der Waals surface area contributed by atoms with E-state index in [1.54, 1.807) is 36.4 Å². The zero-order chi connectivity index (χ0) is 20.8. The minimum Gasteiger partial charge on any atom is -0.491 e. The van der Waals surface area contributed by atoms with Crippen LogP contribution >= 0.6 is 0 Å². The van der Waals surface area contributed by atoms with Gasteiger partial charge in [-0.25, -0.2) is 4.98 Å². The molecule has 3 aromatic rings. The molecule has 0 aliphatic carbocycles. The number of para-hydroxylation sites is 1. The molecule has 152 valence electrons. The molecule has 0 fully saturated rings. The second kappa shape index (κ2) is 9.45.